The summed E-state index contributed by atoms with van der Waals surface area (Å²) in [5, 5.41) is 8.36. The lowest BCUT2D eigenvalue weighted by Crippen LogP contribution is -2.30. The summed E-state index contributed by atoms with van der Waals surface area (Å²) in [7, 11) is -3.11. The molecule has 0 bridgehead atoms. The van der Waals surface area contributed by atoms with Gasteiger partial charge in [-0.2, -0.15) is 0 Å². The Balaban J connectivity index is 3.83. The fraction of sp³-hybridized carbons (Fsp3) is 0.833. The third-order valence-corrected chi connectivity index (χ3v) is 3.55. The van der Waals surface area contributed by atoms with E-state index in [2.05, 4.69) is 0 Å². The third-order valence-electron chi connectivity index (χ3n) is 1.60. The van der Waals surface area contributed by atoms with Crippen molar-refractivity contribution in [3.8, 4) is 0 Å². The first-order valence-corrected chi connectivity index (χ1v) is 5.71. The highest BCUT2D eigenvalue weighted by Gasteiger charge is 2.19. The Morgan fingerprint density at radius 1 is 1.67 bits per heavy atom. The Hall–Kier alpha value is -0.380. The van der Waals surface area contributed by atoms with Gasteiger partial charge in [0.1, 0.15) is 6.04 Å². The van der Waals surface area contributed by atoms with Crippen molar-refractivity contribution in [1.29, 1.82) is 0 Å². The molecule has 0 spiro atoms. The van der Waals surface area contributed by atoms with E-state index in [9.17, 15) is 9.36 Å². The summed E-state index contributed by atoms with van der Waals surface area (Å²) in [6, 6.07) is -1.03. The number of rotatable bonds is 5. The summed E-state index contributed by atoms with van der Waals surface area (Å²) in [6.07, 6.45) is 0.202. The number of carboxylic acids is 1. The molecule has 0 heterocycles. The van der Waals surface area contributed by atoms with Crippen LogP contribution >= 0.6 is 7.37 Å². The minimum Gasteiger partial charge on any atom is -0.480 e. The molecule has 0 saturated carbocycles. The first kappa shape index (κ1) is 11.6. The fourth-order valence-electron chi connectivity index (χ4n) is 0.622. The summed E-state index contributed by atoms with van der Waals surface area (Å²) in [4.78, 5) is 19.3. The van der Waals surface area contributed by atoms with Gasteiger partial charge in [-0.15, -0.1) is 0 Å². The molecular weight excluding hydrogens is 181 g/mol. The van der Waals surface area contributed by atoms with Crippen LogP contribution in [-0.4, -0.2) is 34.3 Å². The van der Waals surface area contributed by atoms with Gasteiger partial charge >= 0.3 is 5.97 Å². The summed E-state index contributed by atoms with van der Waals surface area (Å²) in [5.41, 5.74) is 5.15. The third kappa shape index (κ3) is 4.49. The Morgan fingerprint density at radius 3 is 2.50 bits per heavy atom. The highest BCUT2D eigenvalue weighted by Crippen LogP contribution is 2.40. The van der Waals surface area contributed by atoms with Gasteiger partial charge in [0.15, 0.2) is 7.37 Å². The number of nitrogens with two attached hydrogens (primary N) is 1. The summed E-state index contributed by atoms with van der Waals surface area (Å²) < 4.78 is 11.0. The van der Waals surface area contributed by atoms with Gasteiger partial charge in [0.25, 0.3) is 0 Å². The zero-order chi connectivity index (χ0) is 9.78. The molecule has 0 saturated heterocycles. The topological polar surface area (TPSA) is 101 Å². The van der Waals surface area contributed by atoms with Crippen molar-refractivity contribution >= 4 is 13.3 Å². The summed E-state index contributed by atoms with van der Waals surface area (Å²) in [6.45, 7) is 1.59. The largest absolute Gasteiger partial charge is 0.480 e. The van der Waals surface area contributed by atoms with Crippen molar-refractivity contribution < 1.29 is 19.4 Å². The monoisotopic (exact) mass is 195 g/mol. The molecule has 72 valence electrons. The Bertz CT molecular complexity index is 206. The zero-order valence-electron chi connectivity index (χ0n) is 6.93. The van der Waals surface area contributed by atoms with E-state index < -0.39 is 19.4 Å². The van der Waals surface area contributed by atoms with E-state index in [0.717, 1.165) is 0 Å². The van der Waals surface area contributed by atoms with E-state index in [1.807, 2.05) is 0 Å². The molecule has 0 aliphatic heterocycles. The molecule has 2 unspecified atom stereocenters. The zero-order valence-corrected chi connectivity index (χ0v) is 7.83. The molecule has 0 aliphatic carbocycles. The molecule has 6 heteroatoms. The van der Waals surface area contributed by atoms with Crippen LogP contribution < -0.4 is 5.73 Å². The van der Waals surface area contributed by atoms with Crippen molar-refractivity contribution in [2.45, 2.75) is 19.4 Å². The molecule has 0 radical (unpaired) electrons. The maximum Gasteiger partial charge on any atom is 0.320 e. The molecule has 2 atom stereocenters. The lowest BCUT2D eigenvalue weighted by Gasteiger charge is -2.10. The van der Waals surface area contributed by atoms with Crippen molar-refractivity contribution in [3.05, 3.63) is 0 Å². The average Bonchev–Trinajstić information content (AvgIpc) is 2.00. The highest BCUT2D eigenvalue weighted by atomic mass is 31.2. The van der Waals surface area contributed by atoms with Gasteiger partial charge in [-0.05, 0) is 6.42 Å². The number of hydrogen-bond donors (Lipinski definition) is 3. The van der Waals surface area contributed by atoms with Crippen molar-refractivity contribution in [1.82, 2.24) is 0 Å². The second-order valence-electron chi connectivity index (χ2n) is 2.62. The highest BCUT2D eigenvalue weighted by molar-refractivity contribution is 7.57. The SMILES string of the molecule is CCP(=O)(O)CCC(N)C(=O)O. The summed E-state index contributed by atoms with van der Waals surface area (Å²) >= 11 is 0. The van der Waals surface area contributed by atoms with Crippen LogP contribution in [0, 0.1) is 0 Å². The first-order valence-electron chi connectivity index (χ1n) is 3.68. The second kappa shape index (κ2) is 4.60. The first-order chi connectivity index (χ1) is 5.39. The minimum absolute atomic E-state index is 0.0169. The molecule has 0 fully saturated rings. The van der Waals surface area contributed by atoms with Gasteiger partial charge in [-0.3, -0.25) is 9.36 Å². The second-order valence-corrected chi connectivity index (χ2v) is 5.39. The van der Waals surface area contributed by atoms with Gasteiger partial charge in [0.2, 0.25) is 0 Å². The molecule has 5 nitrogen and oxygen atoms in total. The van der Waals surface area contributed by atoms with Gasteiger partial charge < -0.3 is 15.7 Å². The van der Waals surface area contributed by atoms with Crippen LogP contribution in [0.2, 0.25) is 0 Å². The molecule has 0 aromatic heterocycles. The van der Waals surface area contributed by atoms with Crippen molar-refractivity contribution in [2.75, 3.05) is 12.3 Å². The maximum absolute atomic E-state index is 11.0. The molecule has 0 amide bonds. The average molecular weight is 195 g/mol. The van der Waals surface area contributed by atoms with Crippen LogP contribution in [0.3, 0.4) is 0 Å². The number of carboxylic acid groups (broad SMARTS) is 1. The van der Waals surface area contributed by atoms with Gasteiger partial charge in [0, 0.05) is 12.3 Å². The molecule has 0 aromatic carbocycles. The smallest absolute Gasteiger partial charge is 0.320 e. The van der Waals surface area contributed by atoms with Gasteiger partial charge in [-0.1, -0.05) is 6.92 Å². The van der Waals surface area contributed by atoms with Crippen LogP contribution in [0.15, 0.2) is 0 Å². The molecule has 4 N–H and O–H groups in total. The van der Waals surface area contributed by atoms with E-state index in [-0.39, 0.29) is 18.7 Å². The number of hydrogen-bond acceptors (Lipinski definition) is 3. The normalized spacial score (nSPS) is 18.2. The van der Waals surface area contributed by atoms with Gasteiger partial charge in [-0.25, -0.2) is 0 Å². The van der Waals surface area contributed by atoms with Crippen molar-refractivity contribution in [2.24, 2.45) is 5.73 Å². The molecular formula is C6H14NO4P. The van der Waals surface area contributed by atoms with Crippen LogP contribution in [0.4, 0.5) is 0 Å². The van der Waals surface area contributed by atoms with E-state index in [1.165, 1.54) is 0 Å². The van der Waals surface area contributed by atoms with Crippen LogP contribution in [-0.2, 0) is 9.36 Å². The van der Waals surface area contributed by atoms with E-state index in [4.69, 9.17) is 15.7 Å². The molecule has 0 rings (SSSR count). The Kier molecular flexibility index (Phi) is 4.45. The fourth-order valence-corrected chi connectivity index (χ4v) is 1.62. The lowest BCUT2D eigenvalue weighted by molar-refractivity contribution is -0.138. The Morgan fingerprint density at radius 2 is 2.17 bits per heavy atom. The molecule has 12 heavy (non-hydrogen) atoms. The van der Waals surface area contributed by atoms with E-state index >= 15 is 0 Å². The lowest BCUT2D eigenvalue weighted by atomic mass is 10.2. The number of aliphatic carboxylic acids is 1. The van der Waals surface area contributed by atoms with E-state index in [0.29, 0.717) is 0 Å². The number of carbonyl (C=O) groups is 1. The predicted octanol–water partition coefficient (Wildman–Crippen LogP) is 0.0787. The van der Waals surface area contributed by atoms with Crippen LogP contribution in [0.5, 0.6) is 0 Å². The minimum atomic E-state index is -3.11. The summed E-state index contributed by atoms with van der Waals surface area (Å²) in [5.74, 6) is -1.13. The van der Waals surface area contributed by atoms with E-state index in [1.54, 1.807) is 6.92 Å². The quantitative estimate of drug-likeness (QED) is 0.539. The van der Waals surface area contributed by atoms with Crippen LogP contribution in [0.1, 0.15) is 13.3 Å². The van der Waals surface area contributed by atoms with Crippen molar-refractivity contribution in [3.63, 3.8) is 0 Å². The molecule has 0 aliphatic rings. The standard InChI is InChI=1S/C6H14NO4P/c1-2-12(10,11)4-3-5(7)6(8)9/h5H,2-4,7H2,1H3,(H,8,9)(H,10,11). The maximum atomic E-state index is 11.0. The molecule has 0 aromatic rings. The van der Waals surface area contributed by atoms with Gasteiger partial charge in [0.05, 0.1) is 0 Å². The Labute approximate surface area is 71.0 Å². The van der Waals surface area contributed by atoms with Crippen LogP contribution in [0.25, 0.3) is 0 Å². The predicted molar refractivity (Wildman–Crippen MR) is 45.5 cm³/mol.